The summed E-state index contributed by atoms with van der Waals surface area (Å²) in [4.78, 5) is 4.20. The molecule has 0 saturated carbocycles. The third kappa shape index (κ3) is 3.40. The van der Waals surface area contributed by atoms with Gasteiger partial charge in [-0.05, 0) is 17.9 Å². The van der Waals surface area contributed by atoms with Gasteiger partial charge in [0.1, 0.15) is 0 Å². The lowest BCUT2D eigenvalue weighted by Gasteiger charge is -2.00. The fourth-order valence-electron chi connectivity index (χ4n) is 0.854. The minimum absolute atomic E-state index is 0.621. The third-order valence-corrected chi connectivity index (χ3v) is 2.89. The highest BCUT2D eigenvalue weighted by molar-refractivity contribution is 9.10. The van der Waals surface area contributed by atoms with Crippen LogP contribution in [0.1, 0.15) is 5.56 Å². The Labute approximate surface area is 90.8 Å². The van der Waals surface area contributed by atoms with Crippen molar-refractivity contribution in [2.75, 3.05) is 6.26 Å². The molecule has 0 bridgehead atoms. The summed E-state index contributed by atoms with van der Waals surface area (Å²) in [5.41, 5.74) is 6.72. The number of halogens is 1. The number of hydrogen-bond acceptors (Lipinski definition) is 2. The molecule has 0 radical (unpaired) electrons. The molecule has 70 valence electrons. The number of nitrogens with two attached hydrogens (primary N) is 1. The Morgan fingerprint density at radius 1 is 1.54 bits per heavy atom. The molecule has 1 aromatic rings. The van der Waals surface area contributed by atoms with Crippen molar-refractivity contribution >= 4 is 32.9 Å². The van der Waals surface area contributed by atoms with Crippen LogP contribution >= 0.6 is 27.7 Å². The van der Waals surface area contributed by atoms with Crippen LogP contribution < -0.4 is 5.73 Å². The van der Waals surface area contributed by atoms with E-state index in [-0.39, 0.29) is 0 Å². The highest BCUT2D eigenvalue weighted by atomic mass is 79.9. The molecule has 0 atom stereocenters. The number of aliphatic imine (C=N–C) groups is 1. The van der Waals surface area contributed by atoms with E-state index in [2.05, 4.69) is 20.9 Å². The molecule has 2 N–H and O–H groups in total. The van der Waals surface area contributed by atoms with Crippen molar-refractivity contribution in [3.63, 3.8) is 0 Å². The average Bonchev–Trinajstić information content (AvgIpc) is 2.16. The Morgan fingerprint density at radius 2 is 2.23 bits per heavy atom. The van der Waals surface area contributed by atoms with Crippen LogP contribution in [0.4, 0.5) is 0 Å². The van der Waals surface area contributed by atoms with Crippen LogP contribution in [0.25, 0.3) is 0 Å². The number of hydrogen-bond donors (Lipinski definition) is 1. The molecular weight excluding hydrogens is 248 g/mol. The fourth-order valence-corrected chi connectivity index (χ4v) is 1.46. The second-order valence-electron chi connectivity index (χ2n) is 2.45. The maximum atomic E-state index is 5.57. The molecule has 0 aromatic heterocycles. The largest absolute Gasteiger partial charge is 0.379 e. The van der Waals surface area contributed by atoms with E-state index in [1.165, 1.54) is 11.8 Å². The van der Waals surface area contributed by atoms with Gasteiger partial charge in [0.2, 0.25) is 0 Å². The number of rotatable bonds is 2. The van der Waals surface area contributed by atoms with Crippen LogP contribution in [0.15, 0.2) is 33.7 Å². The zero-order valence-corrected chi connectivity index (χ0v) is 9.73. The number of nitrogens with zero attached hydrogens (tertiary/aromatic N) is 1. The van der Waals surface area contributed by atoms with Crippen molar-refractivity contribution in [2.24, 2.45) is 10.7 Å². The Bertz CT molecular complexity index is 312. The average molecular weight is 259 g/mol. The van der Waals surface area contributed by atoms with Crippen molar-refractivity contribution in [1.82, 2.24) is 0 Å². The van der Waals surface area contributed by atoms with Gasteiger partial charge >= 0.3 is 0 Å². The highest BCUT2D eigenvalue weighted by Crippen LogP contribution is 2.16. The molecule has 0 spiro atoms. The number of thioether (sulfide) groups is 1. The van der Waals surface area contributed by atoms with Crippen LogP contribution in [-0.2, 0) is 6.54 Å². The molecule has 0 saturated heterocycles. The molecule has 1 rings (SSSR count). The van der Waals surface area contributed by atoms with E-state index in [4.69, 9.17) is 5.73 Å². The summed E-state index contributed by atoms with van der Waals surface area (Å²) in [6, 6.07) is 8.00. The van der Waals surface area contributed by atoms with E-state index in [0.717, 1.165) is 10.0 Å². The number of amidine groups is 1. The lowest BCUT2D eigenvalue weighted by Crippen LogP contribution is -2.05. The summed E-state index contributed by atoms with van der Waals surface area (Å²) >= 11 is 4.91. The summed E-state index contributed by atoms with van der Waals surface area (Å²) < 4.78 is 1.08. The van der Waals surface area contributed by atoms with Gasteiger partial charge in [0.25, 0.3) is 0 Å². The first-order chi connectivity index (χ1) is 6.24. The Morgan fingerprint density at radius 3 is 2.85 bits per heavy atom. The molecule has 0 fully saturated rings. The van der Waals surface area contributed by atoms with Gasteiger partial charge in [-0.15, -0.1) is 0 Å². The van der Waals surface area contributed by atoms with Gasteiger partial charge in [0.05, 0.1) is 6.54 Å². The van der Waals surface area contributed by atoms with Crippen molar-refractivity contribution in [2.45, 2.75) is 6.54 Å². The molecule has 0 amide bonds. The van der Waals surface area contributed by atoms with E-state index >= 15 is 0 Å². The first kappa shape index (κ1) is 10.6. The standard InChI is InChI=1S/C9H11BrN2S/c1-13-9(11)12-6-7-4-2-3-5-8(7)10/h2-5H,6H2,1H3,(H2,11,12). The molecule has 2 nitrogen and oxygen atoms in total. The van der Waals surface area contributed by atoms with E-state index in [1.54, 1.807) is 0 Å². The molecule has 0 unspecified atom stereocenters. The van der Waals surface area contributed by atoms with E-state index in [0.29, 0.717) is 11.7 Å². The zero-order valence-electron chi connectivity index (χ0n) is 7.33. The van der Waals surface area contributed by atoms with Crippen molar-refractivity contribution in [3.05, 3.63) is 34.3 Å². The van der Waals surface area contributed by atoms with E-state index in [9.17, 15) is 0 Å². The Balaban J connectivity index is 2.70. The molecule has 1 aromatic carbocycles. The van der Waals surface area contributed by atoms with E-state index in [1.807, 2.05) is 30.5 Å². The Hall–Kier alpha value is -0.480. The molecule has 0 aliphatic carbocycles. The third-order valence-electron chi connectivity index (χ3n) is 1.57. The SMILES string of the molecule is CSC(N)=NCc1ccccc1Br. The maximum absolute atomic E-state index is 5.57. The maximum Gasteiger partial charge on any atom is 0.153 e. The van der Waals surface area contributed by atoms with Gasteiger partial charge in [0.15, 0.2) is 5.17 Å². The quantitative estimate of drug-likeness (QED) is 0.655. The molecule has 13 heavy (non-hydrogen) atoms. The Kier molecular flexibility index (Phi) is 4.32. The number of benzene rings is 1. The summed E-state index contributed by atoms with van der Waals surface area (Å²) in [6.45, 7) is 0.633. The highest BCUT2D eigenvalue weighted by Gasteiger charge is 1.96. The van der Waals surface area contributed by atoms with Crippen molar-refractivity contribution < 1.29 is 0 Å². The van der Waals surface area contributed by atoms with Crippen molar-refractivity contribution in [1.29, 1.82) is 0 Å². The topological polar surface area (TPSA) is 38.4 Å². The van der Waals surface area contributed by atoms with Crippen LogP contribution in [0, 0.1) is 0 Å². The van der Waals surface area contributed by atoms with E-state index < -0.39 is 0 Å². The normalized spacial score (nSPS) is 11.7. The van der Waals surface area contributed by atoms with Gasteiger partial charge in [-0.25, -0.2) is 0 Å². The van der Waals surface area contributed by atoms with Gasteiger partial charge in [0, 0.05) is 4.47 Å². The summed E-state index contributed by atoms with van der Waals surface area (Å²) in [5, 5.41) is 0.621. The first-order valence-corrected chi connectivity index (χ1v) is 5.83. The minimum atomic E-state index is 0.621. The monoisotopic (exact) mass is 258 g/mol. The zero-order chi connectivity index (χ0) is 9.68. The van der Waals surface area contributed by atoms with Crippen LogP contribution in [-0.4, -0.2) is 11.4 Å². The second kappa shape index (κ2) is 5.29. The van der Waals surface area contributed by atoms with Gasteiger partial charge in [-0.2, -0.15) is 0 Å². The molecular formula is C9H11BrN2S. The molecule has 0 aliphatic rings. The smallest absolute Gasteiger partial charge is 0.153 e. The van der Waals surface area contributed by atoms with Crippen LogP contribution in [0.2, 0.25) is 0 Å². The summed E-state index contributed by atoms with van der Waals surface area (Å²) in [5.74, 6) is 0. The van der Waals surface area contributed by atoms with Gasteiger partial charge in [-0.3, -0.25) is 4.99 Å². The fraction of sp³-hybridized carbons (Fsp3) is 0.222. The lowest BCUT2D eigenvalue weighted by atomic mass is 10.2. The molecule has 0 heterocycles. The predicted molar refractivity (Wildman–Crippen MR) is 63.0 cm³/mol. The van der Waals surface area contributed by atoms with Crippen molar-refractivity contribution in [3.8, 4) is 0 Å². The second-order valence-corrected chi connectivity index (χ2v) is 4.13. The summed E-state index contributed by atoms with van der Waals surface area (Å²) in [7, 11) is 0. The van der Waals surface area contributed by atoms with Gasteiger partial charge < -0.3 is 5.73 Å². The van der Waals surface area contributed by atoms with Crippen LogP contribution in [0.5, 0.6) is 0 Å². The minimum Gasteiger partial charge on any atom is -0.379 e. The van der Waals surface area contributed by atoms with Crippen LogP contribution in [0.3, 0.4) is 0 Å². The first-order valence-electron chi connectivity index (χ1n) is 3.81. The summed E-state index contributed by atoms with van der Waals surface area (Å²) in [6.07, 6.45) is 1.92. The van der Waals surface area contributed by atoms with Gasteiger partial charge in [-0.1, -0.05) is 45.9 Å². The molecule has 4 heteroatoms. The molecule has 0 aliphatic heterocycles. The lowest BCUT2D eigenvalue weighted by molar-refractivity contribution is 1.06. The predicted octanol–water partition coefficient (Wildman–Crippen LogP) is 2.63.